The molecule has 2 aliphatic heterocycles. The maximum atomic E-state index is 12.8. The van der Waals surface area contributed by atoms with Gasteiger partial charge < -0.3 is 25.8 Å². The maximum Gasteiger partial charge on any atom is 0.253 e. The quantitative estimate of drug-likeness (QED) is 0.582. The van der Waals surface area contributed by atoms with Crippen LogP contribution < -0.4 is 16.0 Å². The van der Waals surface area contributed by atoms with Gasteiger partial charge in [0.05, 0.1) is 5.69 Å². The Morgan fingerprint density at radius 2 is 1.79 bits per heavy atom. The summed E-state index contributed by atoms with van der Waals surface area (Å²) in [7, 11) is 2.08. The molecule has 5 rings (SSSR count). The maximum absolute atomic E-state index is 12.8. The number of carbonyl (C=O) groups is 1. The van der Waals surface area contributed by atoms with Gasteiger partial charge >= 0.3 is 0 Å². The van der Waals surface area contributed by atoms with E-state index in [1.54, 1.807) is 0 Å². The molecule has 0 aliphatic carbocycles. The van der Waals surface area contributed by atoms with E-state index in [0.717, 1.165) is 68.3 Å². The van der Waals surface area contributed by atoms with Crippen molar-refractivity contribution in [3.8, 4) is 0 Å². The molecule has 1 aromatic heterocycles. The fraction of sp³-hybridized carbons (Fsp3) is 0.346. The van der Waals surface area contributed by atoms with Gasteiger partial charge in [-0.25, -0.2) is 9.97 Å². The third-order valence-corrected chi connectivity index (χ3v) is 6.69. The van der Waals surface area contributed by atoms with Crippen molar-refractivity contribution in [2.45, 2.75) is 19.9 Å². The molecule has 0 radical (unpaired) electrons. The Morgan fingerprint density at radius 1 is 1.03 bits per heavy atom. The van der Waals surface area contributed by atoms with Crippen molar-refractivity contribution < 1.29 is 4.79 Å². The zero-order chi connectivity index (χ0) is 23.7. The van der Waals surface area contributed by atoms with Gasteiger partial charge in [-0.3, -0.25) is 4.79 Å². The van der Waals surface area contributed by atoms with Gasteiger partial charge in [0.1, 0.15) is 0 Å². The van der Waals surface area contributed by atoms with Crippen LogP contribution in [0.25, 0.3) is 0 Å². The van der Waals surface area contributed by atoms with E-state index < -0.39 is 0 Å². The van der Waals surface area contributed by atoms with Gasteiger partial charge in [0, 0.05) is 80.1 Å². The van der Waals surface area contributed by atoms with Crippen LogP contribution in [0.5, 0.6) is 0 Å². The number of amides is 1. The number of likely N-dealkylation sites (N-methyl/N-ethyl adjacent to an activating group) is 1. The lowest BCUT2D eigenvalue weighted by Crippen LogP contribution is -2.47. The number of rotatable bonds is 4. The lowest BCUT2D eigenvalue weighted by molar-refractivity contribution is 0.0664. The van der Waals surface area contributed by atoms with Crippen molar-refractivity contribution in [3.05, 3.63) is 71.0 Å². The Balaban J connectivity index is 1.24. The Morgan fingerprint density at radius 3 is 2.56 bits per heavy atom. The molecular weight excluding hydrogens is 426 g/mol. The summed E-state index contributed by atoms with van der Waals surface area (Å²) in [6.45, 7) is 7.13. The molecule has 8 heteroatoms. The number of piperazine rings is 1. The Kier molecular flexibility index (Phi) is 6.06. The minimum Gasteiger partial charge on any atom is -0.399 e. The molecule has 3 heterocycles. The van der Waals surface area contributed by atoms with Crippen LogP contribution in [0.1, 0.15) is 27.2 Å². The van der Waals surface area contributed by atoms with Crippen LogP contribution in [-0.2, 0) is 13.0 Å². The van der Waals surface area contributed by atoms with Crippen LogP contribution in [0, 0.1) is 6.92 Å². The monoisotopic (exact) mass is 457 g/mol. The predicted octanol–water partition coefficient (Wildman–Crippen LogP) is 3.06. The molecule has 0 saturated carbocycles. The molecule has 3 aromatic rings. The molecule has 1 fully saturated rings. The average Bonchev–Trinajstić information content (AvgIpc) is 2.86. The minimum atomic E-state index is 0.0876. The van der Waals surface area contributed by atoms with Gasteiger partial charge in [-0.1, -0.05) is 6.07 Å². The molecule has 2 aromatic carbocycles. The number of fused-ring (bicyclic) bond motifs is 1. The number of hydrogen-bond donors (Lipinski definition) is 2. The van der Waals surface area contributed by atoms with Gasteiger partial charge in [0.2, 0.25) is 5.95 Å². The van der Waals surface area contributed by atoms with Crippen molar-refractivity contribution in [2.75, 3.05) is 55.7 Å². The molecule has 2 aliphatic rings. The summed E-state index contributed by atoms with van der Waals surface area (Å²) in [5.74, 6) is 0.662. The smallest absolute Gasteiger partial charge is 0.253 e. The highest BCUT2D eigenvalue weighted by Gasteiger charge is 2.21. The molecule has 176 valence electrons. The zero-order valence-corrected chi connectivity index (χ0v) is 19.8. The first-order chi connectivity index (χ1) is 16.5. The molecule has 34 heavy (non-hydrogen) atoms. The fourth-order valence-corrected chi connectivity index (χ4v) is 4.57. The first-order valence-corrected chi connectivity index (χ1v) is 11.8. The van der Waals surface area contributed by atoms with E-state index in [1.165, 1.54) is 11.3 Å². The number of nitrogens with two attached hydrogens (primary N) is 1. The number of nitrogens with one attached hydrogen (secondary N) is 1. The number of benzene rings is 2. The number of hydrogen-bond acceptors (Lipinski definition) is 7. The molecule has 1 saturated heterocycles. The zero-order valence-electron chi connectivity index (χ0n) is 19.8. The number of nitrogens with zero attached hydrogens (tertiary/aromatic N) is 5. The summed E-state index contributed by atoms with van der Waals surface area (Å²) >= 11 is 0. The summed E-state index contributed by atoms with van der Waals surface area (Å²) in [5.41, 5.74) is 12.9. The van der Waals surface area contributed by atoms with Gasteiger partial charge in [0.25, 0.3) is 5.91 Å². The number of aromatic nitrogens is 2. The topological polar surface area (TPSA) is 90.6 Å². The first kappa shape index (κ1) is 22.2. The van der Waals surface area contributed by atoms with E-state index in [4.69, 9.17) is 10.7 Å². The van der Waals surface area contributed by atoms with Gasteiger partial charge in [0.15, 0.2) is 0 Å². The Hall–Kier alpha value is -3.65. The van der Waals surface area contributed by atoms with Gasteiger partial charge in [-0.05, 0) is 55.9 Å². The standard InChI is InChI=1S/C26H31N7O/c1-18-3-6-21(27)15-24(18)33-10-9-23-20(17-33)16-28-26(30-23)29-22-7-4-19(5-8-22)25(34)32-13-11-31(2)12-14-32/h3-8,15-16H,9-14,17,27H2,1-2H3,(H,28,29,30). The van der Waals surface area contributed by atoms with E-state index in [-0.39, 0.29) is 5.91 Å². The highest BCUT2D eigenvalue weighted by molar-refractivity contribution is 5.94. The Labute approximate surface area is 200 Å². The summed E-state index contributed by atoms with van der Waals surface area (Å²) in [6, 6.07) is 13.6. The molecular formula is C26H31N7O. The highest BCUT2D eigenvalue weighted by atomic mass is 16.2. The van der Waals surface area contributed by atoms with Crippen molar-refractivity contribution in [3.63, 3.8) is 0 Å². The van der Waals surface area contributed by atoms with Crippen LogP contribution >= 0.6 is 0 Å². The van der Waals surface area contributed by atoms with Gasteiger partial charge in [-0.15, -0.1) is 0 Å². The number of nitrogen functional groups attached to an aromatic ring is 1. The second-order valence-electron chi connectivity index (χ2n) is 9.18. The summed E-state index contributed by atoms with van der Waals surface area (Å²) in [5, 5.41) is 3.28. The predicted molar refractivity (Wildman–Crippen MR) is 136 cm³/mol. The molecule has 1 amide bonds. The fourth-order valence-electron chi connectivity index (χ4n) is 4.57. The summed E-state index contributed by atoms with van der Waals surface area (Å²) < 4.78 is 0. The second-order valence-corrected chi connectivity index (χ2v) is 9.18. The van der Waals surface area contributed by atoms with Gasteiger partial charge in [-0.2, -0.15) is 0 Å². The van der Waals surface area contributed by atoms with Crippen molar-refractivity contribution >= 4 is 28.9 Å². The number of aryl methyl sites for hydroxylation is 1. The normalized spacial score (nSPS) is 16.3. The van der Waals surface area contributed by atoms with Crippen molar-refractivity contribution in [1.82, 2.24) is 19.8 Å². The van der Waals surface area contributed by atoms with E-state index in [1.807, 2.05) is 47.5 Å². The molecule has 0 atom stereocenters. The van der Waals surface area contributed by atoms with Crippen molar-refractivity contribution in [1.29, 1.82) is 0 Å². The first-order valence-electron chi connectivity index (χ1n) is 11.8. The molecule has 0 unspecified atom stereocenters. The lowest BCUT2D eigenvalue weighted by atomic mass is 10.0. The summed E-state index contributed by atoms with van der Waals surface area (Å²) in [6.07, 6.45) is 2.75. The molecule has 0 spiro atoms. The highest BCUT2D eigenvalue weighted by Crippen LogP contribution is 2.28. The van der Waals surface area contributed by atoms with E-state index in [2.05, 4.69) is 40.1 Å². The third kappa shape index (κ3) is 4.68. The SMILES string of the molecule is Cc1ccc(N)cc1N1CCc2nc(Nc3ccc(C(=O)N4CCN(C)CC4)cc3)ncc2C1. The van der Waals surface area contributed by atoms with E-state index in [9.17, 15) is 4.79 Å². The Bertz CT molecular complexity index is 1190. The molecule has 0 bridgehead atoms. The van der Waals surface area contributed by atoms with E-state index >= 15 is 0 Å². The average molecular weight is 458 g/mol. The third-order valence-electron chi connectivity index (χ3n) is 6.69. The lowest BCUT2D eigenvalue weighted by Gasteiger charge is -2.32. The molecule has 3 N–H and O–H groups in total. The number of carbonyl (C=O) groups excluding carboxylic acids is 1. The van der Waals surface area contributed by atoms with E-state index in [0.29, 0.717) is 11.5 Å². The van der Waals surface area contributed by atoms with Crippen LogP contribution in [0.3, 0.4) is 0 Å². The van der Waals surface area contributed by atoms with Crippen molar-refractivity contribution in [2.24, 2.45) is 0 Å². The minimum absolute atomic E-state index is 0.0876. The second kappa shape index (κ2) is 9.30. The van der Waals surface area contributed by atoms with Crippen LogP contribution in [0.15, 0.2) is 48.7 Å². The largest absolute Gasteiger partial charge is 0.399 e. The summed E-state index contributed by atoms with van der Waals surface area (Å²) in [4.78, 5) is 28.6. The van der Waals surface area contributed by atoms with Crippen LogP contribution in [0.2, 0.25) is 0 Å². The van der Waals surface area contributed by atoms with Crippen LogP contribution in [0.4, 0.5) is 23.0 Å². The number of anilines is 4. The van der Waals surface area contributed by atoms with Crippen LogP contribution in [-0.4, -0.2) is 65.4 Å². The molecule has 8 nitrogen and oxygen atoms in total.